The number of nitrogens with one attached hydrogen (secondary N) is 1. The Morgan fingerprint density at radius 1 is 1.53 bits per heavy atom. The first-order chi connectivity index (χ1) is 8.24. The van der Waals surface area contributed by atoms with Gasteiger partial charge in [0.2, 0.25) is 5.76 Å². The van der Waals surface area contributed by atoms with Gasteiger partial charge < -0.3 is 19.5 Å². The normalized spacial score (nSPS) is 13.5. The largest absolute Gasteiger partial charge is 0.493 e. The van der Waals surface area contributed by atoms with E-state index in [1.165, 1.54) is 0 Å². The zero-order valence-corrected chi connectivity index (χ0v) is 9.10. The maximum absolute atomic E-state index is 11.3. The van der Waals surface area contributed by atoms with Crippen molar-refractivity contribution in [1.82, 2.24) is 5.32 Å². The number of carbonyl (C=O) groups excluding carboxylic acids is 2. The Kier molecular flexibility index (Phi) is 5.37. The molecule has 0 saturated carbocycles. The van der Waals surface area contributed by atoms with Gasteiger partial charge in [0.1, 0.15) is 19.5 Å². The molecule has 0 fully saturated rings. The molecule has 1 rings (SSSR count). The third kappa shape index (κ3) is 4.88. The lowest BCUT2D eigenvalue weighted by Crippen LogP contribution is -2.30. The van der Waals surface area contributed by atoms with Gasteiger partial charge in [-0.3, -0.25) is 4.79 Å². The van der Waals surface area contributed by atoms with Crippen molar-refractivity contribution in [2.45, 2.75) is 6.42 Å². The minimum Gasteiger partial charge on any atom is -0.493 e. The number of nitriles is 1. The van der Waals surface area contributed by atoms with Crippen LogP contribution in [0.25, 0.3) is 0 Å². The monoisotopic (exact) mass is 240 g/mol. The molecule has 1 heterocycles. The minimum absolute atomic E-state index is 0.0546. The Bertz CT molecular complexity index is 358. The van der Waals surface area contributed by atoms with E-state index < -0.39 is 18.5 Å². The summed E-state index contributed by atoms with van der Waals surface area (Å²) in [5, 5.41) is 10.7. The molecule has 7 heteroatoms. The summed E-state index contributed by atoms with van der Waals surface area (Å²) in [6.45, 7) is 0.473. The first kappa shape index (κ1) is 12.8. The van der Waals surface area contributed by atoms with Crippen LogP contribution in [-0.2, 0) is 23.8 Å². The molecule has 0 aliphatic carbocycles. The topological polar surface area (TPSA) is 97.7 Å². The van der Waals surface area contributed by atoms with E-state index in [0.29, 0.717) is 6.61 Å². The molecule has 0 aromatic carbocycles. The molecule has 0 unspecified atom stereocenters. The van der Waals surface area contributed by atoms with Crippen LogP contribution in [0.2, 0.25) is 0 Å². The summed E-state index contributed by atoms with van der Waals surface area (Å²) in [5.74, 6) is -1.27. The lowest BCUT2D eigenvalue weighted by Gasteiger charge is -2.14. The van der Waals surface area contributed by atoms with Gasteiger partial charge in [0.15, 0.2) is 6.61 Å². The summed E-state index contributed by atoms with van der Waals surface area (Å²) in [5.41, 5.74) is 0. The molecule has 0 aromatic heterocycles. The van der Waals surface area contributed by atoms with Gasteiger partial charge in [0.05, 0.1) is 12.5 Å². The van der Waals surface area contributed by atoms with Gasteiger partial charge in [-0.2, -0.15) is 5.26 Å². The third-order valence-electron chi connectivity index (χ3n) is 1.74. The van der Waals surface area contributed by atoms with Crippen molar-refractivity contribution in [3.8, 4) is 6.07 Å². The Labute approximate surface area is 97.9 Å². The zero-order valence-electron chi connectivity index (χ0n) is 9.10. The molecule has 0 bridgehead atoms. The van der Waals surface area contributed by atoms with E-state index in [1.807, 2.05) is 6.07 Å². The Morgan fingerprint density at radius 2 is 2.35 bits per heavy atom. The van der Waals surface area contributed by atoms with Crippen LogP contribution in [-0.4, -0.2) is 38.2 Å². The average Bonchev–Trinajstić information content (AvgIpc) is 2.37. The van der Waals surface area contributed by atoms with E-state index in [2.05, 4.69) is 10.1 Å². The van der Waals surface area contributed by atoms with E-state index >= 15 is 0 Å². The van der Waals surface area contributed by atoms with Crippen LogP contribution in [0.4, 0.5) is 0 Å². The smallest absolute Gasteiger partial charge is 0.377 e. The predicted molar refractivity (Wildman–Crippen MR) is 54.2 cm³/mol. The van der Waals surface area contributed by atoms with Crippen LogP contribution in [0, 0.1) is 11.3 Å². The summed E-state index contributed by atoms with van der Waals surface area (Å²) in [6, 6.07) is 1.87. The van der Waals surface area contributed by atoms with Crippen molar-refractivity contribution in [3.05, 3.63) is 12.0 Å². The second kappa shape index (κ2) is 7.11. The lowest BCUT2D eigenvalue weighted by atomic mass is 10.4. The van der Waals surface area contributed by atoms with Crippen LogP contribution in [0.1, 0.15) is 6.42 Å². The summed E-state index contributed by atoms with van der Waals surface area (Å²) < 4.78 is 14.5. The molecule has 17 heavy (non-hydrogen) atoms. The van der Waals surface area contributed by atoms with Crippen molar-refractivity contribution >= 4 is 11.9 Å². The highest BCUT2D eigenvalue weighted by atomic mass is 16.6. The minimum atomic E-state index is -0.750. The number of hydrogen-bond donors (Lipinski definition) is 1. The number of esters is 1. The summed E-state index contributed by atoms with van der Waals surface area (Å²) in [4.78, 5) is 22.4. The van der Waals surface area contributed by atoms with E-state index in [9.17, 15) is 9.59 Å². The van der Waals surface area contributed by atoms with Gasteiger partial charge in [0, 0.05) is 6.54 Å². The highest BCUT2D eigenvalue weighted by molar-refractivity contribution is 5.88. The first-order valence-electron chi connectivity index (χ1n) is 4.99. The summed E-state index contributed by atoms with van der Waals surface area (Å²) in [7, 11) is 0. The van der Waals surface area contributed by atoms with Crippen molar-refractivity contribution < 1.29 is 23.8 Å². The van der Waals surface area contributed by atoms with Crippen molar-refractivity contribution in [3.63, 3.8) is 0 Å². The van der Waals surface area contributed by atoms with Gasteiger partial charge in [-0.05, 0) is 0 Å². The van der Waals surface area contributed by atoms with Crippen LogP contribution >= 0.6 is 0 Å². The van der Waals surface area contributed by atoms with Gasteiger partial charge in [-0.15, -0.1) is 0 Å². The van der Waals surface area contributed by atoms with Crippen LogP contribution < -0.4 is 5.32 Å². The molecule has 0 saturated heterocycles. The number of rotatable bonds is 5. The molecular weight excluding hydrogens is 228 g/mol. The molecule has 1 N–H and O–H groups in total. The summed E-state index contributed by atoms with van der Waals surface area (Å²) >= 11 is 0. The highest BCUT2D eigenvalue weighted by Gasteiger charge is 2.17. The van der Waals surface area contributed by atoms with Crippen molar-refractivity contribution in [1.29, 1.82) is 5.26 Å². The van der Waals surface area contributed by atoms with Crippen molar-refractivity contribution in [2.24, 2.45) is 0 Å². The van der Waals surface area contributed by atoms with Gasteiger partial charge >= 0.3 is 5.97 Å². The van der Waals surface area contributed by atoms with E-state index in [4.69, 9.17) is 14.7 Å². The Hall–Kier alpha value is -2.23. The fourth-order valence-electron chi connectivity index (χ4n) is 0.986. The molecule has 1 aliphatic heterocycles. The highest BCUT2D eigenvalue weighted by Crippen LogP contribution is 2.05. The molecule has 1 amide bonds. The number of nitrogens with zero attached hydrogens (tertiary/aromatic N) is 1. The summed E-state index contributed by atoms with van der Waals surface area (Å²) in [6.07, 6.45) is 1.36. The van der Waals surface area contributed by atoms with Crippen LogP contribution in [0.5, 0.6) is 0 Å². The van der Waals surface area contributed by atoms with Crippen molar-refractivity contribution in [2.75, 3.05) is 26.4 Å². The van der Waals surface area contributed by atoms with Gasteiger partial charge in [-0.1, -0.05) is 0 Å². The Balaban J connectivity index is 2.21. The predicted octanol–water partition coefficient (Wildman–Crippen LogP) is -0.552. The van der Waals surface area contributed by atoms with E-state index in [0.717, 1.165) is 6.26 Å². The third-order valence-corrected chi connectivity index (χ3v) is 1.74. The fourth-order valence-corrected chi connectivity index (χ4v) is 0.986. The molecule has 0 aromatic rings. The zero-order chi connectivity index (χ0) is 12.5. The molecule has 0 spiro atoms. The van der Waals surface area contributed by atoms with E-state index in [1.54, 1.807) is 0 Å². The molecule has 7 nitrogen and oxygen atoms in total. The molecule has 0 radical (unpaired) electrons. The number of carbonyl (C=O) groups is 2. The molecule has 92 valence electrons. The van der Waals surface area contributed by atoms with Crippen LogP contribution in [0.15, 0.2) is 12.0 Å². The lowest BCUT2D eigenvalue weighted by molar-refractivity contribution is -0.149. The molecule has 0 atom stereocenters. The van der Waals surface area contributed by atoms with E-state index in [-0.39, 0.29) is 25.3 Å². The SMILES string of the molecule is N#CCCNC(=O)COC(=O)C1=COCCO1. The number of amides is 1. The average molecular weight is 240 g/mol. The first-order valence-corrected chi connectivity index (χ1v) is 4.99. The van der Waals surface area contributed by atoms with Gasteiger partial charge in [-0.25, -0.2) is 4.79 Å². The number of ether oxygens (including phenoxy) is 3. The Morgan fingerprint density at radius 3 is 3.00 bits per heavy atom. The molecular formula is C10H12N2O5. The maximum atomic E-state index is 11.3. The fraction of sp³-hybridized carbons (Fsp3) is 0.500. The van der Waals surface area contributed by atoms with Gasteiger partial charge in [0.25, 0.3) is 5.91 Å². The molecule has 1 aliphatic rings. The standard InChI is InChI=1S/C10H12N2O5/c11-2-1-3-12-9(13)7-17-10(14)8-6-15-4-5-16-8/h6H,1,3-5,7H2,(H,12,13). The number of hydrogen-bond acceptors (Lipinski definition) is 6. The quantitative estimate of drug-likeness (QED) is 0.511. The maximum Gasteiger partial charge on any atom is 0.377 e. The van der Waals surface area contributed by atoms with Crippen LogP contribution in [0.3, 0.4) is 0 Å². The second-order valence-corrected chi connectivity index (χ2v) is 3.04. The second-order valence-electron chi connectivity index (χ2n) is 3.04.